The van der Waals surface area contributed by atoms with E-state index in [-0.39, 0.29) is 12.5 Å². The largest absolute Gasteiger partial charge is 0.484 e. The van der Waals surface area contributed by atoms with Gasteiger partial charge in [-0.05, 0) is 54.1 Å². The summed E-state index contributed by atoms with van der Waals surface area (Å²) in [5.41, 5.74) is 2.00. The third-order valence-electron chi connectivity index (χ3n) is 3.27. The van der Waals surface area contributed by atoms with Crippen LogP contribution >= 0.6 is 11.8 Å². The van der Waals surface area contributed by atoms with E-state index in [1.807, 2.05) is 48.7 Å². The van der Waals surface area contributed by atoms with Gasteiger partial charge in [-0.15, -0.1) is 11.8 Å². The number of hydrogen-bond acceptors (Lipinski definition) is 3. The lowest BCUT2D eigenvalue weighted by Crippen LogP contribution is -2.20. The summed E-state index contributed by atoms with van der Waals surface area (Å²) in [5, 5.41) is 2.86. The van der Waals surface area contributed by atoms with Gasteiger partial charge in [0.1, 0.15) is 5.75 Å². The highest BCUT2D eigenvalue weighted by Crippen LogP contribution is 2.20. The van der Waals surface area contributed by atoms with Gasteiger partial charge >= 0.3 is 0 Å². The van der Waals surface area contributed by atoms with Crippen molar-refractivity contribution in [3.05, 3.63) is 54.1 Å². The summed E-state index contributed by atoms with van der Waals surface area (Å²) in [6, 6.07) is 15.6. The van der Waals surface area contributed by atoms with Crippen LogP contribution in [0.2, 0.25) is 0 Å². The molecule has 3 nitrogen and oxygen atoms in total. The molecule has 116 valence electrons. The number of hydrogen-bond donors (Lipinski definition) is 1. The SMILES string of the molecule is CSc1ccc(OCC(=O)Nc2cccc(C(C)C)c2)cc1. The normalized spacial score (nSPS) is 10.5. The minimum atomic E-state index is -0.158. The number of carbonyl (C=O) groups excluding carboxylic acids is 1. The fourth-order valence-corrected chi connectivity index (χ4v) is 2.40. The Balaban J connectivity index is 1.88. The minimum Gasteiger partial charge on any atom is -0.484 e. The highest BCUT2D eigenvalue weighted by Gasteiger charge is 2.06. The molecule has 22 heavy (non-hydrogen) atoms. The number of anilines is 1. The van der Waals surface area contributed by atoms with Crippen LogP contribution in [0.25, 0.3) is 0 Å². The van der Waals surface area contributed by atoms with E-state index in [1.54, 1.807) is 11.8 Å². The van der Waals surface area contributed by atoms with Crippen LogP contribution in [0, 0.1) is 0 Å². The quantitative estimate of drug-likeness (QED) is 0.795. The summed E-state index contributed by atoms with van der Waals surface area (Å²) in [6.07, 6.45) is 2.02. The Labute approximate surface area is 136 Å². The van der Waals surface area contributed by atoms with Gasteiger partial charge in [-0.25, -0.2) is 0 Å². The molecule has 0 heterocycles. The summed E-state index contributed by atoms with van der Waals surface area (Å²) in [4.78, 5) is 13.1. The van der Waals surface area contributed by atoms with Crippen LogP contribution in [0.4, 0.5) is 5.69 Å². The van der Waals surface area contributed by atoms with Crippen molar-refractivity contribution in [1.29, 1.82) is 0 Å². The first-order valence-electron chi connectivity index (χ1n) is 7.25. The molecule has 0 saturated carbocycles. The van der Waals surface area contributed by atoms with E-state index in [0.717, 1.165) is 5.69 Å². The number of benzene rings is 2. The van der Waals surface area contributed by atoms with Gasteiger partial charge in [0.25, 0.3) is 5.91 Å². The Morgan fingerprint density at radius 1 is 1.18 bits per heavy atom. The molecule has 2 aromatic carbocycles. The van der Waals surface area contributed by atoms with Gasteiger partial charge in [-0.1, -0.05) is 26.0 Å². The monoisotopic (exact) mass is 315 g/mol. The zero-order chi connectivity index (χ0) is 15.9. The summed E-state index contributed by atoms with van der Waals surface area (Å²) in [6.45, 7) is 4.26. The maximum Gasteiger partial charge on any atom is 0.262 e. The second-order valence-electron chi connectivity index (χ2n) is 5.29. The third kappa shape index (κ3) is 4.81. The van der Waals surface area contributed by atoms with E-state index in [0.29, 0.717) is 11.7 Å². The molecule has 4 heteroatoms. The maximum absolute atomic E-state index is 11.9. The van der Waals surface area contributed by atoms with E-state index in [4.69, 9.17) is 4.74 Å². The summed E-state index contributed by atoms with van der Waals surface area (Å²) >= 11 is 1.67. The molecule has 0 atom stereocenters. The second-order valence-corrected chi connectivity index (χ2v) is 6.17. The highest BCUT2D eigenvalue weighted by molar-refractivity contribution is 7.98. The molecule has 0 unspecified atom stereocenters. The van der Waals surface area contributed by atoms with E-state index >= 15 is 0 Å². The molecular weight excluding hydrogens is 294 g/mol. The molecule has 0 bridgehead atoms. The zero-order valence-corrected chi connectivity index (χ0v) is 13.9. The molecule has 0 saturated heterocycles. The fourth-order valence-electron chi connectivity index (χ4n) is 1.99. The summed E-state index contributed by atoms with van der Waals surface area (Å²) < 4.78 is 5.50. The second kappa shape index (κ2) is 7.90. The van der Waals surface area contributed by atoms with E-state index in [9.17, 15) is 4.79 Å². The number of thioether (sulfide) groups is 1. The Kier molecular flexibility index (Phi) is 5.90. The Morgan fingerprint density at radius 2 is 1.91 bits per heavy atom. The van der Waals surface area contributed by atoms with Crippen molar-refractivity contribution in [3.63, 3.8) is 0 Å². The van der Waals surface area contributed by atoms with Crippen molar-refractivity contribution in [2.24, 2.45) is 0 Å². The van der Waals surface area contributed by atoms with Gasteiger partial charge in [-0.2, -0.15) is 0 Å². The lowest BCUT2D eigenvalue weighted by molar-refractivity contribution is -0.118. The van der Waals surface area contributed by atoms with Crippen molar-refractivity contribution in [3.8, 4) is 5.75 Å². The molecule has 2 rings (SSSR count). The molecule has 1 amide bonds. The molecule has 0 aliphatic carbocycles. The number of rotatable bonds is 6. The first-order valence-corrected chi connectivity index (χ1v) is 8.47. The molecule has 0 spiro atoms. The van der Waals surface area contributed by atoms with Crippen molar-refractivity contribution in [2.45, 2.75) is 24.7 Å². The molecule has 0 aliphatic heterocycles. The van der Waals surface area contributed by atoms with Crippen molar-refractivity contribution >= 4 is 23.4 Å². The average Bonchev–Trinajstić information content (AvgIpc) is 2.53. The fraction of sp³-hybridized carbons (Fsp3) is 0.278. The van der Waals surface area contributed by atoms with Crippen LogP contribution in [0.15, 0.2) is 53.4 Å². The molecule has 0 aromatic heterocycles. The Hall–Kier alpha value is -1.94. The van der Waals surface area contributed by atoms with Crippen molar-refractivity contribution < 1.29 is 9.53 Å². The molecule has 1 N–H and O–H groups in total. The smallest absolute Gasteiger partial charge is 0.262 e. The van der Waals surface area contributed by atoms with Gasteiger partial charge < -0.3 is 10.1 Å². The van der Waals surface area contributed by atoms with Gasteiger partial charge in [0.15, 0.2) is 6.61 Å². The predicted octanol–water partition coefficient (Wildman–Crippen LogP) is 4.55. The van der Waals surface area contributed by atoms with Crippen LogP contribution in [0.5, 0.6) is 5.75 Å². The number of ether oxygens (including phenoxy) is 1. The highest BCUT2D eigenvalue weighted by atomic mass is 32.2. The maximum atomic E-state index is 11.9. The standard InChI is InChI=1S/C18H21NO2S/c1-13(2)14-5-4-6-15(11-14)19-18(20)12-21-16-7-9-17(22-3)10-8-16/h4-11,13H,12H2,1-3H3,(H,19,20). The molecule has 0 radical (unpaired) electrons. The van der Waals surface area contributed by atoms with Gasteiger partial charge in [0, 0.05) is 10.6 Å². The number of nitrogens with one attached hydrogen (secondary N) is 1. The van der Waals surface area contributed by atoms with E-state index < -0.39 is 0 Å². The lowest BCUT2D eigenvalue weighted by Gasteiger charge is -2.10. The van der Waals surface area contributed by atoms with Crippen molar-refractivity contribution in [2.75, 3.05) is 18.2 Å². The lowest BCUT2D eigenvalue weighted by atomic mass is 10.0. The minimum absolute atomic E-state index is 0.00448. The first-order chi connectivity index (χ1) is 10.6. The Bertz CT molecular complexity index is 623. The van der Waals surface area contributed by atoms with Gasteiger partial charge in [0.05, 0.1) is 0 Å². The first kappa shape index (κ1) is 16.4. The molecule has 2 aromatic rings. The number of carbonyl (C=O) groups is 1. The van der Waals surface area contributed by atoms with Crippen molar-refractivity contribution in [1.82, 2.24) is 0 Å². The van der Waals surface area contributed by atoms with Crippen LogP contribution in [0.1, 0.15) is 25.3 Å². The Morgan fingerprint density at radius 3 is 2.55 bits per heavy atom. The zero-order valence-electron chi connectivity index (χ0n) is 13.1. The van der Waals surface area contributed by atoms with Crippen LogP contribution in [0.3, 0.4) is 0 Å². The summed E-state index contributed by atoms with van der Waals surface area (Å²) in [5.74, 6) is 0.974. The van der Waals surface area contributed by atoms with E-state index in [1.165, 1.54) is 10.5 Å². The molecule has 0 aliphatic rings. The summed E-state index contributed by atoms with van der Waals surface area (Å²) in [7, 11) is 0. The van der Waals surface area contributed by atoms with Crippen LogP contribution < -0.4 is 10.1 Å². The average molecular weight is 315 g/mol. The van der Waals surface area contributed by atoms with Gasteiger partial charge in [0.2, 0.25) is 0 Å². The van der Waals surface area contributed by atoms with Gasteiger partial charge in [-0.3, -0.25) is 4.79 Å². The predicted molar refractivity (Wildman–Crippen MR) is 92.9 cm³/mol. The molecular formula is C18H21NO2S. The molecule has 0 fully saturated rings. The number of amides is 1. The van der Waals surface area contributed by atoms with E-state index in [2.05, 4.69) is 25.2 Å². The van der Waals surface area contributed by atoms with Crippen LogP contribution in [-0.2, 0) is 4.79 Å². The van der Waals surface area contributed by atoms with Crippen LogP contribution in [-0.4, -0.2) is 18.8 Å². The topological polar surface area (TPSA) is 38.3 Å². The third-order valence-corrected chi connectivity index (χ3v) is 4.01.